The molecule has 1 heterocycles. The molecule has 1 rings (SSSR count). The van der Waals surface area contributed by atoms with Gasteiger partial charge in [-0.1, -0.05) is 0 Å². The second kappa shape index (κ2) is 3.56. The first kappa shape index (κ1) is 7.54. The van der Waals surface area contributed by atoms with Crippen LogP contribution in [0.15, 0.2) is 4.99 Å². The highest BCUT2D eigenvalue weighted by molar-refractivity contribution is 5.83. The van der Waals surface area contributed by atoms with Crippen LogP contribution in [0.3, 0.4) is 0 Å². The molecule has 1 unspecified atom stereocenters. The second-order valence-electron chi connectivity index (χ2n) is 2.79. The SMILES string of the molecule is CC(N)CC1=NCCCN1. The smallest absolute Gasteiger partial charge is 0.0978 e. The number of amidine groups is 1. The summed E-state index contributed by atoms with van der Waals surface area (Å²) in [5, 5.41) is 3.22. The third kappa shape index (κ3) is 2.35. The molecule has 0 amide bonds. The molecule has 3 heteroatoms. The average Bonchev–Trinajstić information content (AvgIpc) is 1.88. The van der Waals surface area contributed by atoms with Gasteiger partial charge in [-0.2, -0.15) is 0 Å². The molecule has 0 saturated carbocycles. The molecule has 58 valence electrons. The first-order valence-electron chi connectivity index (χ1n) is 3.82. The molecule has 0 aromatic carbocycles. The molecule has 3 N–H and O–H groups in total. The third-order valence-electron chi connectivity index (χ3n) is 1.48. The summed E-state index contributed by atoms with van der Waals surface area (Å²) in [6.07, 6.45) is 2.04. The lowest BCUT2D eigenvalue weighted by Gasteiger charge is -2.15. The molecule has 0 aliphatic carbocycles. The van der Waals surface area contributed by atoms with Crippen molar-refractivity contribution < 1.29 is 0 Å². The Balaban J connectivity index is 2.31. The molecule has 1 atom stereocenters. The van der Waals surface area contributed by atoms with Crippen molar-refractivity contribution >= 4 is 5.84 Å². The molecular weight excluding hydrogens is 126 g/mol. The highest BCUT2D eigenvalue weighted by Crippen LogP contribution is 1.95. The molecule has 1 aliphatic heterocycles. The molecule has 0 saturated heterocycles. The van der Waals surface area contributed by atoms with Gasteiger partial charge in [-0.15, -0.1) is 0 Å². The fourth-order valence-electron chi connectivity index (χ4n) is 1.02. The number of rotatable bonds is 2. The van der Waals surface area contributed by atoms with Gasteiger partial charge in [0.2, 0.25) is 0 Å². The summed E-state index contributed by atoms with van der Waals surface area (Å²) >= 11 is 0. The van der Waals surface area contributed by atoms with Crippen molar-refractivity contribution in [2.75, 3.05) is 13.1 Å². The Morgan fingerprint density at radius 1 is 1.80 bits per heavy atom. The highest BCUT2D eigenvalue weighted by atomic mass is 15.0. The van der Waals surface area contributed by atoms with Gasteiger partial charge in [0, 0.05) is 25.6 Å². The van der Waals surface area contributed by atoms with Gasteiger partial charge in [0.15, 0.2) is 0 Å². The quantitative estimate of drug-likeness (QED) is 0.573. The van der Waals surface area contributed by atoms with E-state index in [1.165, 1.54) is 0 Å². The zero-order chi connectivity index (χ0) is 7.40. The molecule has 0 aromatic heterocycles. The summed E-state index contributed by atoms with van der Waals surface area (Å²) < 4.78 is 0. The number of hydrogen-bond acceptors (Lipinski definition) is 3. The summed E-state index contributed by atoms with van der Waals surface area (Å²) in [4.78, 5) is 4.30. The van der Waals surface area contributed by atoms with E-state index in [1.807, 2.05) is 6.92 Å². The summed E-state index contributed by atoms with van der Waals surface area (Å²) in [5.74, 6) is 1.08. The minimum absolute atomic E-state index is 0.226. The molecule has 0 aromatic rings. The maximum atomic E-state index is 5.60. The number of hydrogen-bond donors (Lipinski definition) is 2. The summed E-state index contributed by atoms with van der Waals surface area (Å²) in [6.45, 7) is 4.03. The maximum absolute atomic E-state index is 5.60. The van der Waals surface area contributed by atoms with Crippen LogP contribution in [0.25, 0.3) is 0 Å². The first-order chi connectivity index (χ1) is 4.79. The van der Waals surface area contributed by atoms with Crippen LogP contribution in [0.5, 0.6) is 0 Å². The Labute approximate surface area is 61.7 Å². The largest absolute Gasteiger partial charge is 0.374 e. The first-order valence-corrected chi connectivity index (χ1v) is 3.82. The number of aliphatic imine (C=N–C) groups is 1. The molecule has 10 heavy (non-hydrogen) atoms. The molecule has 0 spiro atoms. The van der Waals surface area contributed by atoms with Gasteiger partial charge in [0.25, 0.3) is 0 Å². The number of nitrogens with two attached hydrogens (primary N) is 1. The van der Waals surface area contributed by atoms with Crippen LogP contribution in [-0.2, 0) is 0 Å². The molecule has 1 aliphatic rings. The van der Waals surface area contributed by atoms with Gasteiger partial charge in [0.05, 0.1) is 5.84 Å². The van der Waals surface area contributed by atoms with Crippen LogP contribution >= 0.6 is 0 Å². The summed E-state index contributed by atoms with van der Waals surface area (Å²) in [6, 6.07) is 0.226. The predicted octanol–water partition coefficient (Wildman–Crippen LogP) is 0.115. The van der Waals surface area contributed by atoms with E-state index < -0.39 is 0 Å². The van der Waals surface area contributed by atoms with Crippen molar-refractivity contribution in [3.63, 3.8) is 0 Å². The van der Waals surface area contributed by atoms with Crippen molar-refractivity contribution in [2.45, 2.75) is 25.8 Å². The molecule has 0 fully saturated rings. The van der Waals surface area contributed by atoms with Crippen molar-refractivity contribution in [1.29, 1.82) is 0 Å². The Kier molecular flexibility index (Phi) is 2.68. The molecule has 0 radical (unpaired) electrons. The van der Waals surface area contributed by atoms with Crippen LogP contribution in [0, 0.1) is 0 Å². The van der Waals surface area contributed by atoms with Gasteiger partial charge >= 0.3 is 0 Å². The maximum Gasteiger partial charge on any atom is 0.0978 e. The van der Waals surface area contributed by atoms with Crippen LogP contribution in [0.1, 0.15) is 19.8 Å². The van der Waals surface area contributed by atoms with Crippen molar-refractivity contribution in [2.24, 2.45) is 10.7 Å². The Hall–Kier alpha value is -0.570. The van der Waals surface area contributed by atoms with E-state index in [1.54, 1.807) is 0 Å². The van der Waals surface area contributed by atoms with Crippen molar-refractivity contribution in [1.82, 2.24) is 5.32 Å². The van der Waals surface area contributed by atoms with E-state index in [0.717, 1.165) is 31.8 Å². The van der Waals surface area contributed by atoms with E-state index in [-0.39, 0.29) is 6.04 Å². The Morgan fingerprint density at radius 2 is 2.60 bits per heavy atom. The van der Waals surface area contributed by atoms with E-state index in [2.05, 4.69) is 10.3 Å². The second-order valence-corrected chi connectivity index (χ2v) is 2.79. The van der Waals surface area contributed by atoms with E-state index >= 15 is 0 Å². The monoisotopic (exact) mass is 141 g/mol. The topological polar surface area (TPSA) is 50.4 Å². The predicted molar refractivity (Wildman–Crippen MR) is 43.2 cm³/mol. The highest BCUT2D eigenvalue weighted by Gasteiger charge is 2.04. The van der Waals surface area contributed by atoms with Crippen LogP contribution in [-0.4, -0.2) is 25.0 Å². The lowest BCUT2D eigenvalue weighted by molar-refractivity contribution is 0.691. The minimum atomic E-state index is 0.226. The summed E-state index contributed by atoms with van der Waals surface area (Å²) in [7, 11) is 0. The summed E-state index contributed by atoms with van der Waals surface area (Å²) in [5.41, 5.74) is 5.60. The zero-order valence-corrected chi connectivity index (χ0v) is 6.43. The Morgan fingerprint density at radius 3 is 3.10 bits per heavy atom. The fraction of sp³-hybridized carbons (Fsp3) is 0.857. The normalized spacial score (nSPS) is 21.2. The molecular formula is C7H15N3. The van der Waals surface area contributed by atoms with Crippen molar-refractivity contribution in [3.8, 4) is 0 Å². The fourth-order valence-corrected chi connectivity index (χ4v) is 1.02. The van der Waals surface area contributed by atoms with Gasteiger partial charge in [0.1, 0.15) is 0 Å². The van der Waals surface area contributed by atoms with Crippen LogP contribution in [0.4, 0.5) is 0 Å². The van der Waals surface area contributed by atoms with E-state index in [9.17, 15) is 0 Å². The van der Waals surface area contributed by atoms with E-state index in [4.69, 9.17) is 5.73 Å². The lowest BCUT2D eigenvalue weighted by Crippen LogP contribution is -2.33. The molecule has 3 nitrogen and oxygen atoms in total. The number of nitrogens with zero attached hydrogens (tertiary/aromatic N) is 1. The van der Waals surface area contributed by atoms with Gasteiger partial charge in [-0.25, -0.2) is 0 Å². The average molecular weight is 141 g/mol. The van der Waals surface area contributed by atoms with Gasteiger partial charge in [-0.05, 0) is 13.3 Å². The van der Waals surface area contributed by atoms with E-state index in [0.29, 0.717) is 0 Å². The standard InChI is InChI=1S/C7H15N3/c1-6(8)5-7-9-3-2-4-10-7/h6H,2-5,8H2,1H3,(H,9,10). The molecule has 0 bridgehead atoms. The Bertz CT molecular complexity index is 129. The lowest BCUT2D eigenvalue weighted by atomic mass is 10.2. The minimum Gasteiger partial charge on any atom is -0.374 e. The van der Waals surface area contributed by atoms with Crippen LogP contribution in [0.2, 0.25) is 0 Å². The van der Waals surface area contributed by atoms with Crippen LogP contribution < -0.4 is 11.1 Å². The van der Waals surface area contributed by atoms with Gasteiger partial charge < -0.3 is 11.1 Å². The zero-order valence-electron chi connectivity index (χ0n) is 6.43. The van der Waals surface area contributed by atoms with Gasteiger partial charge in [-0.3, -0.25) is 4.99 Å². The van der Waals surface area contributed by atoms with Crippen molar-refractivity contribution in [3.05, 3.63) is 0 Å². The number of nitrogens with one attached hydrogen (secondary N) is 1. The third-order valence-corrected chi connectivity index (χ3v) is 1.48.